The van der Waals surface area contributed by atoms with Gasteiger partial charge in [-0.3, -0.25) is 9.69 Å². The molecule has 0 spiro atoms. The Bertz CT molecular complexity index is 257. The molecule has 1 aliphatic heterocycles. The molecule has 1 aliphatic rings. The van der Waals surface area contributed by atoms with E-state index in [1.54, 1.807) is 0 Å². The number of hydrogen-bond acceptors (Lipinski definition) is 3. The number of amides is 1. The van der Waals surface area contributed by atoms with Crippen molar-refractivity contribution in [1.82, 2.24) is 10.2 Å². The van der Waals surface area contributed by atoms with E-state index in [2.05, 4.69) is 24.1 Å². The monoisotopic (exact) mass is 255 g/mol. The molecule has 3 N–H and O–H groups in total. The highest BCUT2D eigenvalue weighted by Gasteiger charge is 2.21. The molecular formula is C14H29N3O. The summed E-state index contributed by atoms with van der Waals surface area (Å²) in [5.41, 5.74) is 5.79. The maximum absolute atomic E-state index is 11.7. The van der Waals surface area contributed by atoms with Crippen LogP contribution in [0.15, 0.2) is 0 Å². The number of nitrogens with zero attached hydrogens (tertiary/aromatic N) is 1. The largest absolute Gasteiger partial charge is 0.353 e. The normalized spacial score (nSPS) is 24.6. The second-order valence-electron chi connectivity index (χ2n) is 5.73. The second kappa shape index (κ2) is 7.74. The lowest BCUT2D eigenvalue weighted by atomic mass is 9.99. The van der Waals surface area contributed by atoms with Crippen LogP contribution in [0.1, 0.15) is 46.5 Å². The number of rotatable bonds is 6. The summed E-state index contributed by atoms with van der Waals surface area (Å²) in [5.74, 6) is 0.771. The maximum Gasteiger partial charge on any atom is 0.236 e. The Labute approximate surface area is 111 Å². The zero-order valence-corrected chi connectivity index (χ0v) is 12.1. The van der Waals surface area contributed by atoms with Gasteiger partial charge in [0, 0.05) is 19.1 Å². The van der Waals surface area contributed by atoms with E-state index in [4.69, 9.17) is 5.73 Å². The molecule has 4 nitrogen and oxygen atoms in total. The van der Waals surface area contributed by atoms with Crippen LogP contribution in [0.4, 0.5) is 0 Å². The summed E-state index contributed by atoms with van der Waals surface area (Å²) in [6.45, 7) is 9.55. The van der Waals surface area contributed by atoms with Crippen LogP contribution in [0, 0.1) is 5.92 Å². The van der Waals surface area contributed by atoms with E-state index < -0.39 is 0 Å². The lowest BCUT2D eigenvalue weighted by molar-refractivity contribution is -0.122. The molecule has 18 heavy (non-hydrogen) atoms. The molecule has 4 heteroatoms. The predicted molar refractivity (Wildman–Crippen MR) is 75.3 cm³/mol. The third-order valence-electron chi connectivity index (χ3n) is 3.82. The van der Waals surface area contributed by atoms with E-state index in [0.29, 0.717) is 12.6 Å². The Morgan fingerprint density at radius 2 is 2.28 bits per heavy atom. The fraction of sp³-hybridized carbons (Fsp3) is 0.929. The number of hydrogen-bond donors (Lipinski definition) is 2. The Morgan fingerprint density at radius 3 is 2.89 bits per heavy atom. The van der Waals surface area contributed by atoms with Crippen LogP contribution in [0.25, 0.3) is 0 Å². The van der Waals surface area contributed by atoms with Crippen LogP contribution < -0.4 is 11.1 Å². The minimum Gasteiger partial charge on any atom is -0.353 e. The number of carbonyl (C=O) groups excluding carboxylic acids is 1. The summed E-state index contributed by atoms with van der Waals surface area (Å²) < 4.78 is 0. The van der Waals surface area contributed by atoms with Gasteiger partial charge >= 0.3 is 0 Å². The summed E-state index contributed by atoms with van der Waals surface area (Å²) in [4.78, 5) is 14.2. The number of carbonyl (C=O) groups is 1. The van der Waals surface area contributed by atoms with Gasteiger partial charge in [0.1, 0.15) is 0 Å². The van der Waals surface area contributed by atoms with Gasteiger partial charge in [0.15, 0.2) is 0 Å². The molecule has 3 atom stereocenters. The van der Waals surface area contributed by atoms with Gasteiger partial charge in [0.2, 0.25) is 5.91 Å². The average Bonchev–Trinajstić information content (AvgIpc) is 2.35. The van der Waals surface area contributed by atoms with Crippen molar-refractivity contribution in [3.05, 3.63) is 0 Å². The van der Waals surface area contributed by atoms with E-state index in [9.17, 15) is 4.79 Å². The molecule has 1 heterocycles. The zero-order chi connectivity index (χ0) is 13.5. The summed E-state index contributed by atoms with van der Waals surface area (Å²) in [5, 5.41) is 2.97. The van der Waals surface area contributed by atoms with Crippen molar-refractivity contribution in [2.75, 3.05) is 19.6 Å². The molecule has 0 aromatic heterocycles. The number of likely N-dealkylation sites (tertiary alicyclic amines) is 1. The molecule has 1 amide bonds. The third kappa shape index (κ3) is 4.94. The van der Waals surface area contributed by atoms with Crippen LogP contribution in [-0.4, -0.2) is 42.5 Å². The molecule has 0 radical (unpaired) electrons. The first-order valence-corrected chi connectivity index (χ1v) is 7.32. The highest BCUT2D eigenvalue weighted by molar-refractivity contribution is 5.81. The van der Waals surface area contributed by atoms with E-state index in [0.717, 1.165) is 31.8 Å². The standard InChI is InChI=1S/C14H29N3O/c1-4-6-13(15)14(18)16-9-12(3)17-8-5-7-11(2)10-17/h11-13H,4-10,15H2,1-3H3,(H,16,18). The molecule has 0 bridgehead atoms. The number of nitrogens with one attached hydrogen (secondary N) is 1. The SMILES string of the molecule is CCCC(N)C(=O)NCC(C)N1CCCC(C)C1. The summed E-state index contributed by atoms with van der Waals surface area (Å²) >= 11 is 0. The smallest absolute Gasteiger partial charge is 0.236 e. The van der Waals surface area contributed by atoms with Gasteiger partial charge in [0.25, 0.3) is 0 Å². The second-order valence-corrected chi connectivity index (χ2v) is 5.73. The quantitative estimate of drug-likeness (QED) is 0.753. The Balaban J connectivity index is 2.27. The van der Waals surface area contributed by atoms with E-state index in [1.165, 1.54) is 12.8 Å². The summed E-state index contributed by atoms with van der Waals surface area (Å²) in [6, 6.07) is 0.0630. The molecule has 0 aromatic rings. The van der Waals surface area contributed by atoms with E-state index in [1.807, 2.05) is 6.92 Å². The van der Waals surface area contributed by atoms with Crippen molar-refractivity contribution in [3.8, 4) is 0 Å². The van der Waals surface area contributed by atoms with Crippen molar-refractivity contribution in [2.45, 2.75) is 58.5 Å². The van der Waals surface area contributed by atoms with Crippen molar-refractivity contribution in [3.63, 3.8) is 0 Å². The Morgan fingerprint density at radius 1 is 1.56 bits per heavy atom. The molecular weight excluding hydrogens is 226 g/mol. The summed E-state index contributed by atoms with van der Waals surface area (Å²) in [7, 11) is 0. The van der Waals surface area contributed by atoms with Crippen molar-refractivity contribution in [1.29, 1.82) is 0 Å². The van der Waals surface area contributed by atoms with Gasteiger partial charge in [-0.25, -0.2) is 0 Å². The molecule has 0 saturated carbocycles. The zero-order valence-electron chi connectivity index (χ0n) is 12.1. The number of nitrogens with two attached hydrogens (primary N) is 1. The lowest BCUT2D eigenvalue weighted by Gasteiger charge is -2.35. The first-order valence-electron chi connectivity index (χ1n) is 7.32. The van der Waals surface area contributed by atoms with Crippen LogP contribution in [-0.2, 0) is 4.79 Å². The van der Waals surface area contributed by atoms with Crippen molar-refractivity contribution >= 4 is 5.91 Å². The van der Waals surface area contributed by atoms with Crippen LogP contribution in [0.2, 0.25) is 0 Å². The number of piperidine rings is 1. The van der Waals surface area contributed by atoms with E-state index in [-0.39, 0.29) is 11.9 Å². The van der Waals surface area contributed by atoms with Crippen molar-refractivity contribution in [2.24, 2.45) is 11.7 Å². The van der Waals surface area contributed by atoms with Crippen molar-refractivity contribution < 1.29 is 4.79 Å². The van der Waals surface area contributed by atoms with Gasteiger partial charge in [-0.2, -0.15) is 0 Å². The van der Waals surface area contributed by atoms with Gasteiger partial charge in [0.05, 0.1) is 6.04 Å². The topological polar surface area (TPSA) is 58.4 Å². The summed E-state index contributed by atoms with van der Waals surface area (Å²) in [6.07, 6.45) is 4.32. The van der Waals surface area contributed by atoms with Gasteiger partial charge in [-0.05, 0) is 38.6 Å². The predicted octanol–water partition coefficient (Wildman–Crippen LogP) is 1.35. The highest BCUT2D eigenvalue weighted by atomic mass is 16.2. The highest BCUT2D eigenvalue weighted by Crippen LogP contribution is 2.17. The molecule has 1 saturated heterocycles. The maximum atomic E-state index is 11.7. The average molecular weight is 255 g/mol. The molecule has 0 aliphatic carbocycles. The lowest BCUT2D eigenvalue weighted by Crippen LogP contribution is -2.49. The van der Waals surface area contributed by atoms with Gasteiger partial charge in [-0.1, -0.05) is 20.3 Å². The third-order valence-corrected chi connectivity index (χ3v) is 3.82. The molecule has 3 unspecified atom stereocenters. The Kier molecular flexibility index (Phi) is 6.65. The molecule has 106 valence electrons. The van der Waals surface area contributed by atoms with E-state index >= 15 is 0 Å². The fourth-order valence-corrected chi connectivity index (χ4v) is 2.58. The fourth-order valence-electron chi connectivity index (χ4n) is 2.58. The van der Waals surface area contributed by atoms with Crippen LogP contribution in [0.3, 0.4) is 0 Å². The first-order chi connectivity index (χ1) is 8.54. The van der Waals surface area contributed by atoms with Crippen LogP contribution >= 0.6 is 0 Å². The Hall–Kier alpha value is -0.610. The first kappa shape index (κ1) is 15.4. The minimum absolute atomic E-state index is 0.00578. The van der Waals surface area contributed by atoms with Gasteiger partial charge in [-0.15, -0.1) is 0 Å². The molecule has 1 rings (SSSR count). The van der Waals surface area contributed by atoms with Crippen LogP contribution in [0.5, 0.6) is 0 Å². The molecule has 1 fully saturated rings. The minimum atomic E-state index is -0.345. The van der Waals surface area contributed by atoms with Gasteiger partial charge < -0.3 is 11.1 Å². The molecule has 0 aromatic carbocycles.